The van der Waals surface area contributed by atoms with Crippen molar-refractivity contribution in [1.29, 1.82) is 0 Å². The number of ether oxygens (including phenoxy) is 3. The Morgan fingerprint density at radius 1 is 1.44 bits per heavy atom. The van der Waals surface area contributed by atoms with E-state index >= 15 is 0 Å². The van der Waals surface area contributed by atoms with Gasteiger partial charge >= 0.3 is 11.9 Å². The molecule has 0 aliphatic carbocycles. The van der Waals surface area contributed by atoms with Crippen molar-refractivity contribution in [2.24, 2.45) is 0 Å². The summed E-state index contributed by atoms with van der Waals surface area (Å²) in [6.45, 7) is 3.87. The number of rotatable bonds is 3. The second-order valence-electron chi connectivity index (χ2n) is 3.89. The average molecular weight is 232 g/mol. The highest BCUT2D eigenvalue weighted by Gasteiger charge is 2.49. The number of esters is 2. The lowest BCUT2D eigenvalue weighted by Gasteiger charge is -2.27. The van der Waals surface area contributed by atoms with Crippen LogP contribution >= 0.6 is 0 Å². The van der Waals surface area contributed by atoms with Crippen molar-refractivity contribution in [1.82, 2.24) is 0 Å². The van der Waals surface area contributed by atoms with E-state index in [4.69, 9.17) is 9.47 Å². The number of aliphatic hydroxyl groups is 1. The third-order valence-corrected chi connectivity index (χ3v) is 2.24. The van der Waals surface area contributed by atoms with Crippen molar-refractivity contribution in [3.8, 4) is 0 Å². The van der Waals surface area contributed by atoms with Crippen LogP contribution in [0.2, 0.25) is 0 Å². The van der Waals surface area contributed by atoms with Crippen LogP contribution in [-0.2, 0) is 23.8 Å². The fourth-order valence-electron chi connectivity index (χ4n) is 1.63. The Kier molecular flexibility index (Phi) is 3.88. The third-order valence-electron chi connectivity index (χ3n) is 2.24. The molecule has 1 aliphatic heterocycles. The Morgan fingerprint density at radius 3 is 2.56 bits per heavy atom. The molecule has 0 aromatic carbocycles. The maximum atomic E-state index is 10.8. The van der Waals surface area contributed by atoms with Crippen molar-refractivity contribution in [2.75, 3.05) is 6.61 Å². The van der Waals surface area contributed by atoms with Crippen LogP contribution in [0.3, 0.4) is 0 Å². The summed E-state index contributed by atoms with van der Waals surface area (Å²) in [5.41, 5.74) is 0. The Hall–Kier alpha value is -1.14. The molecule has 1 fully saturated rings. The molecule has 0 radical (unpaired) electrons. The minimum Gasteiger partial charge on any atom is -0.460 e. The Bertz CT molecular complexity index is 289. The molecule has 0 bridgehead atoms. The van der Waals surface area contributed by atoms with Crippen molar-refractivity contribution in [3.05, 3.63) is 0 Å². The van der Waals surface area contributed by atoms with Crippen molar-refractivity contribution < 1.29 is 28.9 Å². The maximum absolute atomic E-state index is 10.8. The van der Waals surface area contributed by atoms with Crippen molar-refractivity contribution in [3.63, 3.8) is 0 Å². The van der Waals surface area contributed by atoms with Crippen LogP contribution in [0.1, 0.15) is 27.2 Å². The lowest BCUT2D eigenvalue weighted by atomic mass is 10.1. The number of carbonyl (C=O) groups is 2. The van der Waals surface area contributed by atoms with Gasteiger partial charge in [-0.05, 0) is 6.92 Å². The van der Waals surface area contributed by atoms with Crippen LogP contribution in [0.4, 0.5) is 0 Å². The smallest absolute Gasteiger partial charge is 0.303 e. The average Bonchev–Trinajstić information content (AvgIpc) is 2.38. The molecular formula is C10H16O6. The highest BCUT2D eigenvalue weighted by atomic mass is 16.7. The van der Waals surface area contributed by atoms with Gasteiger partial charge in [-0.15, -0.1) is 0 Å². The quantitative estimate of drug-likeness (QED) is 0.688. The van der Waals surface area contributed by atoms with E-state index in [1.54, 1.807) is 6.92 Å². The predicted octanol–water partition coefficient (Wildman–Crippen LogP) is -0.0214. The van der Waals surface area contributed by atoms with Crippen LogP contribution in [-0.4, -0.2) is 41.6 Å². The van der Waals surface area contributed by atoms with E-state index in [1.165, 1.54) is 13.8 Å². The normalized spacial score (nSPS) is 33.5. The number of carbonyl (C=O) groups excluding carboxylic acids is 2. The molecule has 1 heterocycles. The molecule has 0 aromatic heterocycles. The Balaban J connectivity index is 2.65. The first kappa shape index (κ1) is 12.9. The van der Waals surface area contributed by atoms with Gasteiger partial charge in [0.2, 0.25) is 5.79 Å². The molecule has 1 aliphatic rings. The maximum Gasteiger partial charge on any atom is 0.303 e. The Labute approximate surface area is 93.5 Å². The molecular weight excluding hydrogens is 216 g/mol. The molecule has 0 aromatic rings. The van der Waals surface area contributed by atoms with Gasteiger partial charge < -0.3 is 19.3 Å². The minimum absolute atomic E-state index is 0.259. The zero-order valence-electron chi connectivity index (χ0n) is 9.56. The summed E-state index contributed by atoms with van der Waals surface area (Å²) in [6.07, 6.45) is -0.693. The molecule has 0 saturated carbocycles. The predicted molar refractivity (Wildman–Crippen MR) is 52.3 cm³/mol. The summed E-state index contributed by atoms with van der Waals surface area (Å²) in [4.78, 5) is 21.5. The van der Waals surface area contributed by atoms with Crippen LogP contribution in [0.15, 0.2) is 0 Å². The van der Waals surface area contributed by atoms with Crippen LogP contribution in [0.5, 0.6) is 0 Å². The second-order valence-corrected chi connectivity index (χ2v) is 3.89. The first-order valence-corrected chi connectivity index (χ1v) is 5.04. The summed E-state index contributed by atoms with van der Waals surface area (Å²) in [7, 11) is 0. The molecule has 16 heavy (non-hydrogen) atoms. The zero-order chi connectivity index (χ0) is 12.3. The third kappa shape index (κ3) is 3.18. The molecule has 0 spiro atoms. The summed E-state index contributed by atoms with van der Waals surface area (Å²) in [6, 6.07) is 0. The Morgan fingerprint density at radius 2 is 2.06 bits per heavy atom. The molecule has 1 saturated heterocycles. The molecule has 0 amide bonds. The van der Waals surface area contributed by atoms with Gasteiger partial charge in [-0.2, -0.15) is 0 Å². The minimum atomic E-state index is -1.74. The van der Waals surface area contributed by atoms with Crippen LogP contribution in [0.25, 0.3) is 0 Å². The van der Waals surface area contributed by atoms with Crippen LogP contribution in [0, 0.1) is 0 Å². The molecule has 6 heteroatoms. The number of hydrogen-bond acceptors (Lipinski definition) is 6. The van der Waals surface area contributed by atoms with E-state index in [9.17, 15) is 14.7 Å². The largest absolute Gasteiger partial charge is 0.460 e. The zero-order valence-corrected chi connectivity index (χ0v) is 9.56. The summed E-state index contributed by atoms with van der Waals surface area (Å²) >= 11 is 0. The summed E-state index contributed by atoms with van der Waals surface area (Å²) in [5, 5.41) is 10.0. The van der Waals surface area contributed by atoms with Gasteiger partial charge in [-0.1, -0.05) is 0 Å². The first-order valence-electron chi connectivity index (χ1n) is 5.04. The van der Waals surface area contributed by atoms with Gasteiger partial charge in [0.25, 0.3) is 0 Å². The van der Waals surface area contributed by atoms with Crippen LogP contribution < -0.4 is 0 Å². The van der Waals surface area contributed by atoms with Gasteiger partial charge in [0.05, 0.1) is 6.10 Å². The van der Waals surface area contributed by atoms with Crippen molar-refractivity contribution in [2.45, 2.75) is 45.2 Å². The first-order chi connectivity index (χ1) is 7.33. The van der Waals surface area contributed by atoms with E-state index in [0.717, 1.165) is 0 Å². The number of hydrogen-bond donors (Lipinski definition) is 1. The van der Waals surface area contributed by atoms with Gasteiger partial charge in [-0.25, -0.2) is 0 Å². The SMILES string of the molecule is CC(=O)OC[C@@]1(O)O[C@@H](C)C[C@@H]1OC(C)=O. The lowest BCUT2D eigenvalue weighted by Crippen LogP contribution is -2.46. The monoisotopic (exact) mass is 232 g/mol. The molecule has 1 N–H and O–H groups in total. The molecule has 0 unspecified atom stereocenters. The summed E-state index contributed by atoms with van der Waals surface area (Å²) < 4.78 is 14.8. The molecule has 3 atom stereocenters. The van der Waals surface area contributed by atoms with E-state index in [0.29, 0.717) is 6.42 Å². The van der Waals surface area contributed by atoms with E-state index in [2.05, 4.69) is 4.74 Å². The molecule has 92 valence electrons. The van der Waals surface area contributed by atoms with Gasteiger partial charge in [0.15, 0.2) is 6.10 Å². The van der Waals surface area contributed by atoms with Gasteiger partial charge in [0.1, 0.15) is 6.61 Å². The highest BCUT2D eigenvalue weighted by Crippen LogP contribution is 2.31. The molecule has 6 nitrogen and oxygen atoms in total. The summed E-state index contributed by atoms with van der Waals surface area (Å²) in [5.74, 6) is -2.78. The topological polar surface area (TPSA) is 82.1 Å². The van der Waals surface area contributed by atoms with E-state index in [1.807, 2.05) is 0 Å². The lowest BCUT2D eigenvalue weighted by molar-refractivity contribution is -0.252. The second kappa shape index (κ2) is 4.80. The fraction of sp³-hybridized carbons (Fsp3) is 0.800. The van der Waals surface area contributed by atoms with E-state index < -0.39 is 23.8 Å². The highest BCUT2D eigenvalue weighted by molar-refractivity contribution is 5.66. The standard InChI is InChI=1S/C10H16O6/c1-6-4-9(15-8(3)12)10(13,16-6)5-14-7(2)11/h6,9,13H,4-5H2,1-3H3/t6-,9-,10+/m0/s1. The fourth-order valence-corrected chi connectivity index (χ4v) is 1.63. The molecule has 1 rings (SSSR count). The van der Waals surface area contributed by atoms with Gasteiger partial charge in [0, 0.05) is 20.3 Å². The van der Waals surface area contributed by atoms with E-state index in [-0.39, 0.29) is 12.7 Å². The van der Waals surface area contributed by atoms with Gasteiger partial charge in [-0.3, -0.25) is 9.59 Å². The van der Waals surface area contributed by atoms with Crippen molar-refractivity contribution >= 4 is 11.9 Å².